The number of amides is 1. The molecule has 0 aliphatic rings. The Kier molecular flexibility index (Phi) is 6.69. The van der Waals surface area contributed by atoms with E-state index in [1.54, 1.807) is 14.2 Å². The zero-order valence-corrected chi connectivity index (χ0v) is 15.2. The van der Waals surface area contributed by atoms with Gasteiger partial charge in [0.1, 0.15) is 12.4 Å². The molecule has 134 valence electrons. The van der Waals surface area contributed by atoms with Crippen molar-refractivity contribution in [3.63, 3.8) is 0 Å². The van der Waals surface area contributed by atoms with E-state index >= 15 is 0 Å². The molecule has 0 saturated heterocycles. The summed E-state index contributed by atoms with van der Waals surface area (Å²) in [4.78, 5) is 12.2. The molecule has 0 aliphatic carbocycles. The number of methoxy groups -OCH3 is 2. The molecule has 2 rings (SSSR count). The fourth-order valence-corrected chi connectivity index (χ4v) is 2.56. The van der Waals surface area contributed by atoms with Gasteiger partial charge in [-0.25, -0.2) is 0 Å². The Labute approximate surface area is 148 Å². The normalized spacial score (nSPS) is 11.5. The van der Waals surface area contributed by atoms with Crippen molar-refractivity contribution in [2.45, 2.75) is 26.3 Å². The van der Waals surface area contributed by atoms with E-state index in [4.69, 9.17) is 14.2 Å². The first-order valence-corrected chi connectivity index (χ1v) is 8.22. The van der Waals surface area contributed by atoms with Crippen LogP contribution < -0.4 is 19.5 Å². The van der Waals surface area contributed by atoms with Gasteiger partial charge in [-0.3, -0.25) is 4.79 Å². The predicted octanol–water partition coefficient (Wildman–Crippen LogP) is 3.14. The third-order valence-electron chi connectivity index (χ3n) is 3.79. The molecule has 0 aromatic heterocycles. The van der Waals surface area contributed by atoms with Crippen LogP contribution in [0.25, 0.3) is 0 Å². The number of benzene rings is 2. The van der Waals surface area contributed by atoms with Crippen LogP contribution in [-0.4, -0.2) is 32.8 Å². The Morgan fingerprint density at radius 1 is 1.04 bits per heavy atom. The first kappa shape index (κ1) is 18.6. The second-order valence-electron chi connectivity index (χ2n) is 5.91. The second kappa shape index (κ2) is 8.97. The van der Waals surface area contributed by atoms with E-state index < -0.39 is 0 Å². The topological polar surface area (TPSA) is 56.8 Å². The van der Waals surface area contributed by atoms with E-state index in [0.717, 1.165) is 16.9 Å². The van der Waals surface area contributed by atoms with Gasteiger partial charge in [-0.2, -0.15) is 0 Å². The van der Waals surface area contributed by atoms with E-state index in [-0.39, 0.29) is 11.9 Å². The van der Waals surface area contributed by atoms with Crippen LogP contribution in [-0.2, 0) is 11.2 Å². The first-order valence-electron chi connectivity index (χ1n) is 8.22. The van der Waals surface area contributed by atoms with Crippen LogP contribution in [0.3, 0.4) is 0 Å². The molecule has 0 heterocycles. The minimum atomic E-state index is -0.114. The highest BCUT2D eigenvalue weighted by atomic mass is 16.5. The highest BCUT2D eigenvalue weighted by Gasteiger charge is 2.11. The van der Waals surface area contributed by atoms with E-state index in [0.29, 0.717) is 24.5 Å². The Morgan fingerprint density at radius 2 is 1.72 bits per heavy atom. The molecule has 0 bridgehead atoms. The van der Waals surface area contributed by atoms with Crippen molar-refractivity contribution >= 4 is 5.91 Å². The van der Waals surface area contributed by atoms with E-state index in [2.05, 4.69) is 5.32 Å². The summed E-state index contributed by atoms with van der Waals surface area (Å²) in [5.74, 6) is 2.12. The lowest BCUT2D eigenvalue weighted by Gasteiger charge is -2.16. The lowest BCUT2D eigenvalue weighted by atomic mass is 10.1. The van der Waals surface area contributed by atoms with E-state index in [1.165, 1.54) is 0 Å². The minimum Gasteiger partial charge on any atom is -0.496 e. The highest BCUT2D eigenvalue weighted by Crippen LogP contribution is 2.25. The van der Waals surface area contributed by atoms with E-state index in [1.807, 2.05) is 56.3 Å². The maximum absolute atomic E-state index is 12.2. The van der Waals surface area contributed by atoms with Crippen LogP contribution in [0.5, 0.6) is 17.2 Å². The number of carbonyl (C=O) groups excluding carboxylic acids is 1. The third-order valence-corrected chi connectivity index (χ3v) is 3.79. The summed E-state index contributed by atoms with van der Waals surface area (Å²) in [6.07, 6.45) is 0.323. The molecule has 0 spiro atoms. The Bertz CT molecular complexity index is 715. The van der Waals surface area contributed by atoms with Gasteiger partial charge in [0.05, 0.1) is 26.7 Å². The molecule has 0 radical (unpaired) electrons. The summed E-state index contributed by atoms with van der Waals surface area (Å²) in [5, 5.41) is 2.95. The number of nitrogens with one attached hydrogen (secondary N) is 1. The summed E-state index contributed by atoms with van der Waals surface area (Å²) in [6, 6.07) is 13.1. The molecular formula is C20H25NO4. The molecule has 5 nitrogen and oxygen atoms in total. The van der Waals surface area contributed by atoms with Crippen LogP contribution in [0.15, 0.2) is 42.5 Å². The second-order valence-corrected chi connectivity index (χ2v) is 5.91. The van der Waals surface area contributed by atoms with Crippen molar-refractivity contribution in [1.82, 2.24) is 5.32 Å². The zero-order chi connectivity index (χ0) is 18.2. The lowest BCUT2D eigenvalue weighted by molar-refractivity contribution is -0.121. The van der Waals surface area contributed by atoms with Gasteiger partial charge in [-0.05, 0) is 43.2 Å². The number of rotatable bonds is 8. The molecule has 0 saturated carbocycles. The fraction of sp³-hybridized carbons (Fsp3) is 0.350. The van der Waals surface area contributed by atoms with Crippen LogP contribution in [0.2, 0.25) is 0 Å². The summed E-state index contributed by atoms with van der Waals surface area (Å²) < 4.78 is 16.2. The molecule has 5 heteroatoms. The van der Waals surface area contributed by atoms with Gasteiger partial charge in [-0.1, -0.05) is 24.3 Å². The van der Waals surface area contributed by atoms with E-state index in [9.17, 15) is 4.79 Å². The first-order chi connectivity index (χ1) is 12.0. The van der Waals surface area contributed by atoms with Crippen LogP contribution >= 0.6 is 0 Å². The molecule has 25 heavy (non-hydrogen) atoms. The van der Waals surface area contributed by atoms with Crippen molar-refractivity contribution in [2.24, 2.45) is 0 Å². The number of hydrogen-bond acceptors (Lipinski definition) is 4. The van der Waals surface area contributed by atoms with Gasteiger partial charge in [0, 0.05) is 0 Å². The number of aryl methyl sites for hydroxylation is 1. The monoisotopic (exact) mass is 343 g/mol. The van der Waals surface area contributed by atoms with Crippen LogP contribution in [0, 0.1) is 6.92 Å². The molecule has 0 aliphatic heterocycles. The van der Waals surface area contributed by atoms with Gasteiger partial charge in [0.15, 0.2) is 11.5 Å². The highest BCUT2D eigenvalue weighted by molar-refractivity contribution is 5.79. The summed E-state index contributed by atoms with van der Waals surface area (Å²) in [7, 11) is 3.24. The third kappa shape index (κ3) is 5.41. The Hall–Kier alpha value is -2.69. The number of ether oxygens (including phenoxy) is 3. The van der Waals surface area contributed by atoms with Crippen LogP contribution in [0.1, 0.15) is 18.1 Å². The predicted molar refractivity (Wildman–Crippen MR) is 97.5 cm³/mol. The quantitative estimate of drug-likeness (QED) is 0.800. The molecule has 1 amide bonds. The number of para-hydroxylation sites is 2. The lowest BCUT2D eigenvalue weighted by Crippen LogP contribution is -2.37. The van der Waals surface area contributed by atoms with Crippen molar-refractivity contribution in [3.05, 3.63) is 53.6 Å². The Morgan fingerprint density at radius 3 is 2.36 bits per heavy atom. The largest absolute Gasteiger partial charge is 0.496 e. The number of hydrogen-bond donors (Lipinski definition) is 1. The smallest absolute Gasteiger partial charge is 0.224 e. The van der Waals surface area contributed by atoms with Crippen LogP contribution in [0.4, 0.5) is 0 Å². The summed E-state index contributed by atoms with van der Waals surface area (Å²) >= 11 is 0. The van der Waals surface area contributed by atoms with Crippen molar-refractivity contribution in [3.8, 4) is 17.2 Å². The fourth-order valence-electron chi connectivity index (χ4n) is 2.56. The van der Waals surface area contributed by atoms with Crippen molar-refractivity contribution in [1.29, 1.82) is 0 Å². The van der Waals surface area contributed by atoms with Gasteiger partial charge in [0.2, 0.25) is 5.91 Å². The maximum atomic E-state index is 12.2. The zero-order valence-electron chi connectivity index (χ0n) is 15.2. The minimum absolute atomic E-state index is 0.0410. The average Bonchev–Trinajstić information content (AvgIpc) is 2.60. The SMILES string of the molecule is COc1ccc(CC(=O)NC(C)COc2ccccc2OC)cc1C. The molecular weight excluding hydrogens is 318 g/mol. The number of carbonyl (C=O) groups is 1. The molecule has 2 aromatic rings. The van der Waals surface area contributed by atoms with Crippen molar-refractivity contribution in [2.75, 3.05) is 20.8 Å². The maximum Gasteiger partial charge on any atom is 0.224 e. The van der Waals surface area contributed by atoms with Gasteiger partial charge in [0.25, 0.3) is 0 Å². The molecule has 1 N–H and O–H groups in total. The van der Waals surface area contributed by atoms with Gasteiger partial charge in [-0.15, -0.1) is 0 Å². The van der Waals surface area contributed by atoms with Crippen molar-refractivity contribution < 1.29 is 19.0 Å². The summed E-state index contributed by atoms with van der Waals surface area (Å²) in [6.45, 7) is 4.24. The molecule has 0 fully saturated rings. The average molecular weight is 343 g/mol. The van der Waals surface area contributed by atoms with Gasteiger partial charge >= 0.3 is 0 Å². The standard InChI is InChI=1S/C20H25NO4/c1-14-11-16(9-10-17(14)23-3)12-20(22)21-15(2)13-25-19-8-6-5-7-18(19)24-4/h5-11,15H,12-13H2,1-4H3,(H,21,22). The Balaban J connectivity index is 1.84. The molecule has 1 unspecified atom stereocenters. The van der Waals surface area contributed by atoms with Gasteiger partial charge < -0.3 is 19.5 Å². The summed E-state index contributed by atoms with van der Waals surface area (Å²) in [5.41, 5.74) is 1.97. The molecule has 2 aromatic carbocycles. The molecule has 1 atom stereocenters.